The van der Waals surface area contributed by atoms with Crippen molar-refractivity contribution in [1.82, 2.24) is 0 Å². The van der Waals surface area contributed by atoms with Gasteiger partial charge in [0.2, 0.25) is 22.6 Å². The first kappa shape index (κ1) is 111. The average molecular weight is 1750 g/mol. The predicted octanol–water partition coefficient (Wildman–Crippen LogP) is 5.99. The van der Waals surface area contributed by atoms with E-state index in [2.05, 4.69) is 20.8 Å². The molecule has 9 aliphatic rings. The maximum absolute atomic E-state index is 14.1. The number of halogens is 4. The number of hydrogen-bond donors (Lipinski definition) is 6. The molecule has 0 aromatic carbocycles. The molecule has 0 saturated carbocycles. The number of aliphatic hydroxyl groups excluding tert-OH is 5. The summed E-state index contributed by atoms with van der Waals surface area (Å²) in [5, 5.41) is 56.3. The maximum atomic E-state index is 14.1. The highest BCUT2D eigenvalue weighted by Crippen LogP contribution is 2.42. The van der Waals surface area contributed by atoms with E-state index in [1.54, 1.807) is 124 Å². The van der Waals surface area contributed by atoms with Gasteiger partial charge in [-0.05, 0) is 178 Å². The van der Waals surface area contributed by atoms with Crippen LogP contribution in [0.5, 0.6) is 0 Å². The smallest absolute Gasteiger partial charge is 0.401 e. The first-order chi connectivity index (χ1) is 54.3. The van der Waals surface area contributed by atoms with Crippen LogP contribution in [0, 0.1) is 11.8 Å². The van der Waals surface area contributed by atoms with Crippen LogP contribution < -0.4 is 0 Å². The van der Waals surface area contributed by atoms with E-state index in [0.717, 1.165) is 26.6 Å². The molecule has 6 N–H and O–H groups in total. The summed E-state index contributed by atoms with van der Waals surface area (Å²) in [6.45, 7) is 48.4. The third kappa shape index (κ3) is 33.1. The van der Waals surface area contributed by atoms with E-state index in [-0.39, 0.29) is 87.8 Å². The van der Waals surface area contributed by atoms with Crippen LogP contribution in [0.2, 0.25) is 0 Å². The van der Waals surface area contributed by atoms with Crippen LogP contribution in [0.4, 0.5) is 17.6 Å². The van der Waals surface area contributed by atoms with Gasteiger partial charge in [0.15, 0.2) is 58.9 Å². The van der Waals surface area contributed by atoms with Crippen molar-refractivity contribution in [3.63, 3.8) is 0 Å². The maximum Gasteiger partial charge on any atom is 0.401 e. The number of hydrogen-bond acceptors (Lipinski definition) is 36. The molecule has 21 atom stereocenters. The van der Waals surface area contributed by atoms with Crippen molar-refractivity contribution < 1.29 is 189 Å². The molecular formula is C78H132F4O36S. The summed E-state index contributed by atoms with van der Waals surface area (Å²) in [7, 11) is -4.28. The van der Waals surface area contributed by atoms with Crippen molar-refractivity contribution in [3.8, 4) is 0 Å². The van der Waals surface area contributed by atoms with Crippen LogP contribution in [-0.2, 0) is 142 Å². The zero-order valence-electron chi connectivity index (χ0n) is 73.6. The standard InChI is InChI=1S/C11H19FO5.C11H18O8S.C11H20O6.C11H18O4.C8H15FO2.C8H13FO2.C6H9FO4.C6H10O3.C6H10O2/c1-5-15-9(14)11(4,12)8(13)7-6-16-10(2,3)17-7;1-5-15-9(12)11(4)8(18-20(13,14)19-11)7-6-16-10(2,3)17-7;1-5-15-9(13)11(4,14)8(12)7-6-16-10(2,3)17-7;1-5-13-10(12)8(2)6-9-7-14-11(3,4)15-9;2*1-4-6-5(2)8(3,9)7(10)11-6;1-6(7)4(9)3(2-8)11-5(6)10;1-6(2)8-4-5(3-7)9-6;1-4-8-6(7)5(2)3/h7-8,13H,5-6H2,1-4H3;7-8H,5-6H2,1-4H3;7-8,12,14H,5-6H2,1-4H3;6,9H,5,7H2,1-4H3;5-7,10H,4H2,1-3H3;5-6H,4H2,1-3H3;3-4,8-9H,2H2,1H3;3,5H,4H2,1-2H3;2,4H2,1,3H3/b;;;8-6+;;;;;/t7-,8-,11-;2*7-,8-,11+;9-;5-,6-,7?,8-;5-,6-,8-;3-,4-,6-;5-;/m11101110./s1. The van der Waals surface area contributed by atoms with Crippen molar-refractivity contribution in [3.05, 3.63) is 23.8 Å². The van der Waals surface area contributed by atoms with E-state index >= 15 is 0 Å². The molecule has 9 saturated heterocycles. The zero-order valence-corrected chi connectivity index (χ0v) is 74.4. The fourth-order valence-electron chi connectivity index (χ4n) is 11.6. The van der Waals surface area contributed by atoms with Crippen LogP contribution in [0.3, 0.4) is 0 Å². The lowest BCUT2D eigenvalue weighted by molar-refractivity contribution is -0.195. The molecule has 9 rings (SSSR count). The number of cyclic esters (lactones) is 2. The van der Waals surface area contributed by atoms with Gasteiger partial charge in [0, 0.05) is 23.0 Å². The van der Waals surface area contributed by atoms with E-state index in [9.17, 15) is 79.7 Å². The molecule has 36 nitrogen and oxygen atoms in total. The molecule has 9 aliphatic heterocycles. The van der Waals surface area contributed by atoms with Gasteiger partial charge in [0.25, 0.3) is 0 Å². The third-order valence-electron chi connectivity index (χ3n) is 19.1. The van der Waals surface area contributed by atoms with E-state index in [1.807, 2.05) is 27.7 Å². The highest BCUT2D eigenvalue weighted by atomic mass is 32.3. The van der Waals surface area contributed by atoms with Crippen molar-refractivity contribution >= 4 is 58.5 Å². The first-order valence-corrected chi connectivity index (χ1v) is 40.4. The van der Waals surface area contributed by atoms with E-state index in [1.165, 1.54) is 27.7 Å². The number of aliphatic hydroxyl groups is 6. The highest BCUT2D eigenvalue weighted by Gasteiger charge is 2.62. The minimum Gasteiger partial charge on any atom is -0.464 e. The fourth-order valence-corrected chi connectivity index (χ4v) is 12.8. The largest absolute Gasteiger partial charge is 0.464 e. The summed E-state index contributed by atoms with van der Waals surface area (Å²) in [4.78, 5) is 88.2. The van der Waals surface area contributed by atoms with E-state index < -0.39 is 165 Å². The molecule has 41 heteroatoms. The molecule has 0 bridgehead atoms. The van der Waals surface area contributed by atoms with Crippen LogP contribution in [0.1, 0.15) is 200 Å². The van der Waals surface area contributed by atoms with Crippen molar-refractivity contribution in [2.24, 2.45) is 11.8 Å². The zero-order chi connectivity index (χ0) is 92.6. The summed E-state index contributed by atoms with van der Waals surface area (Å²) in [5.41, 5.74) is -11.0. The minimum absolute atomic E-state index is 0.0348. The highest BCUT2D eigenvalue weighted by molar-refractivity contribution is 7.82. The Kier molecular flexibility index (Phi) is 43.4. The molecule has 119 heavy (non-hydrogen) atoms. The Bertz CT molecular complexity index is 3320. The molecule has 694 valence electrons. The number of rotatable bonds is 20. The molecule has 0 amide bonds. The summed E-state index contributed by atoms with van der Waals surface area (Å²) < 4.78 is 178. The molecule has 0 aromatic heterocycles. The lowest BCUT2D eigenvalue weighted by Crippen LogP contribution is -2.54. The Morgan fingerprint density at radius 1 is 0.571 bits per heavy atom. The molecule has 9 fully saturated rings. The normalized spacial score (nSPS) is 33.8. The van der Waals surface area contributed by atoms with Gasteiger partial charge in [-0.3, -0.25) is 0 Å². The van der Waals surface area contributed by atoms with E-state index in [4.69, 9.17) is 94.7 Å². The molecular weight excluding hydrogens is 1620 g/mol. The van der Waals surface area contributed by atoms with Gasteiger partial charge in [-0.2, -0.15) is 8.42 Å². The summed E-state index contributed by atoms with van der Waals surface area (Å²) >= 11 is 0. The topological polar surface area (TPSA) is 477 Å². The minimum atomic E-state index is -4.28. The number of carbonyl (C=O) groups excluding carboxylic acids is 8. The Morgan fingerprint density at radius 3 is 1.29 bits per heavy atom. The SMILES string of the molecule is C=C(C)C(=O)OCC.CC1(C)OC[C@H](C=O)O1.CCOC(=O)/C(C)=C/[C@H]1COC(C)(C)O1.CCOC(=O)[C@@](C)(O)[C@H](O)[C@H]1COC(C)(C)O1.CCOC(=O)[C@@]1(C)OS(=O)(=O)O[C@@H]1[C@H]1COC(C)(C)O1.CCOC(=O)[C@](C)(F)[C@H](O)[C@H]1COC(C)(C)O1.CC[C@H]1OC(=O)[C@](C)(F)[C@@H]1C.CC[C@H]1OC(O)[C@](C)(F)[C@@H]1C.C[C@]1(F)C(=O)O[C@H](CO)[C@H]1O. The second kappa shape index (κ2) is 46.4. The summed E-state index contributed by atoms with van der Waals surface area (Å²) in [5.74, 6) is -9.48. The van der Waals surface area contributed by atoms with Crippen molar-refractivity contribution in [2.75, 3.05) is 72.7 Å². The average Bonchev–Trinajstić information content (AvgIpc) is 1.60. The lowest BCUT2D eigenvalue weighted by Gasteiger charge is -2.30. The van der Waals surface area contributed by atoms with Crippen molar-refractivity contribution in [1.29, 1.82) is 0 Å². The van der Waals surface area contributed by atoms with Crippen LogP contribution >= 0.6 is 0 Å². The van der Waals surface area contributed by atoms with Crippen LogP contribution in [-0.4, -0.2) is 302 Å². The quantitative estimate of drug-likeness (QED) is 0.0268. The molecule has 9 heterocycles. The second-order valence-electron chi connectivity index (χ2n) is 31.7. The van der Waals surface area contributed by atoms with E-state index in [0.29, 0.717) is 44.0 Å². The third-order valence-corrected chi connectivity index (χ3v) is 20.1. The number of ether oxygens (including phenoxy) is 18. The second-order valence-corrected chi connectivity index (χ2v) is 32.8. The number of aldehydes is 1. The molecule has 0 aliphatic carbocycles. The first-order valence-electron chi connectivity index (χ1n) is 39.0. The summed E-state index contributed by atoms with van der Waals surface area (Å²) in [6, 6.07) is 0. The van der Waals surface area contributed by atoms with Gasteiger partial charge >= 0.3 is 52.2 Å². The monoisotopic (exact) mass is 1750 g/mol. The number of alkyl halides is 4. The van der Waals surface area contributed by atoms with Crippen molar-refractivity contribution in [2.45, 2.75) is 342 Å². The number of esters is 7. The molecule has 1 unspecified atom stereocenters. The lowest BCUT2D eigenvalue weighted by atomic mass is 9.89. The van der Waals surface area contributed by atoms with Gasteiger partial charge in [0.1, 0.15) is 61.0 Å². The van der Waals surface area contributed by atoms with Gasteiger partial charge < -0.3 is 121 Å². The molecule has 0 aromatic rings. The van der Waals surface area contributed by atoms with Gasteiger partial charge in [-0.25, -0.2) is 59.5 Å². The molecule has 0 radical (unpaired) electrons. The van der Waals surface area contributed by atoms with Crippen LogP contribution in [0.25, 0.3) is 0 Å². The number of carbonyl (C=O) groups is 8. The summed E-state index contributed by atoms with van der Waals surface area (Å²) in [6.07, 6.45) is -7.49. The predicted molar refractivity (Wildman–Crippen MR) is 409 cm³/mol. The van der Waals surface area contributed by atoms with Crippen LogP contribution in [0.15, 0.2) is 23.8 Å². The van der Waals surface area contributed by atoms with Gasteiger partial charge in [-0.1, -0.05) is 34.3 Å². The van der Waals surface area contributed by atoms with Gasteiger partial charge in [0.05, 0.1) is 78.8 Å². The molecule has 0 spiro atoms. The Labute approximate surface area is 694 Å². The Balaban J connectivity index is 0.000000678. The van der Waals surface area contributed by atoms with Gasteiger partial charge in [-0.15, -0.1) is 0 Å². The Hall–Kier alpha value is -5.65. The Morgan fingerprint density at radius 2 is 0.983 bits per heavy atom. The fraction of sp³-hybridized carbons (Fsp3) is 0.846.